The third-order valence-electron chi connectivity index (χ3n) is 3.96. The molecule has 0 saturated carbocycles. The molecule has 0 aliphatic carbocycles. The van der Waals surface area contributed by atoms with Crippen LogP contribution in [0.2, 0.25) is 5.02 Å². The van der Waals surface area contributed by atoms with Gasteiger partial charge in [0.1, 0.15) is 0 Å². The van der Waals surface area contributed by atoms with Crippen molar-refractivity contribution in [1.29, 1.82) is 0 Å². The zero-order chi connectivity index (χ0) is 19.4. The maximum absolute atomic E-state index is 12.8. The Morgan fingerprint density at radius 2 is 1.93 bits per heavy atom. The monoisotopic (exact) mass is 404 g/mol. The van der Waals surface area contributed by atoms with Crippen molar-refractivity contribution < 1.29 is 22.4 Å². The zero-order valence-corrected chi connectivity index (χ0v) is 16.1. The number of furan rings is 1. The fourth-order valence-corrected chi connectivity index (χ4v) is 4.33. The van der Waals surface area contributed by atoms with Crippen molar-refractivity contribution in [3.05, 3.63) is 77.2 Å². The van der Waals surface area contributed by atoms with E-state index in [1.54, 1.807) is 49.6 Å². The Kier molecular flexibility index (Phi) is 5.68. The van der Waals surface area contributed by atoms with E-state index in [0.717, 1.165) is 11.1 Å². The SMILES string of the molecule is CCOC(=O)c1cc(-c2ccoc2)ccc1CS(=O)(=O)c1cccc(Cl)c1. The van der Waals surface area contributed by atoms with Crippen LogP contribution in [0.3, 0.4) is 0 Å². The quantitative estimate of drug-likeness (QED) is 0.554. The molecular weight excluding hydrogens is 388 g/mol. The Bertz CT molecular complexity index is 1060. The van der Waals surface area contributed by atoms with Crippen LogP contribution in [0.25, 0.3) is 11.1 Å². The van der Waals surface area contributed by atoms with Crippen LogP contribution in [0.4, 0.5) is 0 Å². The van der Waals surface area contributed by atoms with Gasteiger partial charge in [-0.3, -0.25) is 0 Å². The minimum atomic E-state index is -3.68. The molecule has 3 rings (SSSR count). The normalized spacial score (nSPS) is 11.3. The molecule has 27 heavy (non-hydrogen) atoms. The van der Waals surface area contributed by atoms with Gasteiger partial charge in [0.25, 0.3) is 0 Å². The maximum atomic E-state index is 12.8. The molecule has 0 radical (unpaired) electrons. The minimum absolute atomic E-state index is 0.101. The third kappa shape index (κ3) is 4.40. The van der Waals surface area contributed by atoms with E-state index in [2.05, 4.69) is 0 Å². The van der Waals surface area contributed by atoms with Gasteiger partial charge in [0, 0.05) is 10.6 Å². The molecule has 0 atom stereocenters. The van der Waals surface area contributed by atoms with Gasteiger partial charge >= 0.3 is 5.97 Å². The summed E-state index contributed by atoms with van der Waals surface area (Å²) in [4.78, 5) is 12.5. The summed E-state index contributed by atoms with van der Waals surface area (Å²) in [6.45, 7) is 1.88. The number of ether oxygens (including phenoxy) is 1. The molecule has 2 aromatic carbocycles. The molecule has 3 aromatic rings. The lowest BCUT2D eigenvalue weighted by atomic mass is 10.0. The first-order valence-corrected chi connectivity index (χ1v) is 10.2. The van der Waals surface area contributed by atoms with Gasteiger partial charge in [0.15, 0.2) is 9.84 Å². The summed E-state index contributed by atoms with van der Waals surface area (Å²) in [6, 6.07) is 12.8. The van der Waals surface area contributed by atoms with Gasteiger partial charge in [-0.05, 0) is 48.4 Å². The van der Waals surface area contributed by atoms with E-state index in [-0.39, 0.29) is 22.8 Å². The highest BCUT2D eigenvalue weighted by Gasteiger charge is 2.21. The first kappa shape index (κ1) is 19.2. The predicted octanol–water partition coefficient (Wildman–Crippen LogP) is 4.75. The van der Waals surface area contributed by atoms with Crippen molar-refractivity contribution in [2.45, 2.75) is 17.6 Å². The molecule has 0 spiro atoms. The molecule has 5 nitrogen and oxygen atoms in total. The molecular formula is C20H17ClO5S. The predicted molar refractivity (Wildman–Crippen MR) is 102 cm³/mol. The lowest BCUT2D eigenvalue weighted by Crippen LogP contribution is -2.12. The van der Waals surface area contributed by atoms with Crippen molar-refractivity contribution in [2.24, 2.45) is 0 Å². The Balaban J connectivity index is 2.02. The van der Waals surface area contributed by atoms with Crippen LogP contribution in [-0.4, -0.2) is 21.0 Å². The number of rotatable bonds is 6. The van der Waals surface area contributed by atoms with E-state index in [9.17, 15) is 13.2 Å². The second kappa shape index (κ2) is 7.98. The first-order chi connectivity index (χ1) is 12.9. The summed E-state index contributed by atoms with van der Waals surface area (Å²) >= 11 is 5.91. The smallest absolute Gasteiger partial charge is 0.338 e. The largest absolute Gasteiger partial charge is 0.472 e. The van der Waals surface area contributed by atoms with E-state index >= 15 is 0 Å². The number of benzene rings is 2. The zero-order valence-electron chi connectivity index (χ0n) is 14.5. The molecule has 0 N–H and O–H groups in total. The van der Waals surface area contributed by atoms with Crippen LogP contribution in [0.15, 0.2) is 70.4 Å². The Labute approximate surface area is 162 Å². The van der Waals surface area contributed by atoms with Gasteiger partial charge in [-0.1, -0.05) is 29.8 Å². The van der Waals surface area contributed by atoms with E-state index in [0.29, 0.717) is 10.6 Å². The van der Waals surface area contributed by atoms with E-state index in [1.807, 2.05) is 0 Å². The average molecular weight is 405 g/mol. The van der Waals surface area contributed by atoms with E-state index in [4.69, 9.17) is 20.8 Å². The van der Waals surface area contributed by atoms with Crippen LogP contribution in [0, 0.1) is 0 Å². The second-order valence-corrected chi connectivity index (χ2v) is 8.25. The van der Waals surface area contributed by atoms with Crippen LogP contribution in [-0.2, 0) is 20.3 Å². The van der Waals surface area contributed by atoms with Gasteiger partial charge in [0.2, 0.25) is 0 Å². The van der Waals surface area contributed by atoms with Crippen LogP contribution in [0.1, 0.15) is 22.8 Å². The molecule has 0 saturated heterocycles. The van der Waals surface area contributed by atoms with Gasteiger partial charge in [0.05, 0.1) is 35.3 Å². The number of carbonyl (C=O) groups is 1. The number of hydrogen-bond donors (Lipinski definition) is 0. The number of sulfone groups is 1. The molecule has 1 heterocycles. The number of carbonyl (C=O) groups excluding carboxylic acids is 1. The Morgan fingerprint density at radius 3 is 2.59 bits per heavy atom. The number of halogens is 1. The fourth-order valence-electron chi connectivity index (χ4n) is 2.66. The summed E-state index contributed by atoms with van der Waals surface area (Å²) in [6.07, 6.45) is 3.07. The lowest BCUT2D eigenvalue weighted by molar-refractivity contribution is 0.0525. The molecule has 0 unspecified atom stereocenters. The molecule has 0 bridgehead atoms. The third-order valence-corrected chi connectivity index (χ3v) is 5.86. The number of esters is 1. The van der Waals surface area contributed by atoms with Crippen molar-refractivity contribution in [2.75, 3.05) is 6.61 Å². The summed E-state index contributed by atoms with van der Waals surface area (Å²) in [5.74, 6) is -0.910. The number of hydrogen-bond acceptors (Lipinski definition) is 5. The molecule has 1 aromatic heterocycles. The van der Waals surface area contributed by atoms with Crippen molar-refractivity contribution in [3.63, 3.8) is 0 Å². The van der Waals surface area contributed by atoms with Gasteiger partial charge in [-0.15, -0.1) is 0 Å². The standard InChI is InChI=1S/C20H17ClO5S/c1-2-26-20(22)19-10-14(15-8-9-25-12-15)6-7-16(19)13-27(23,24)18-5-3-4-17(21)11-18/h3-12H,2,13H2,1H3. The van der Waals surface area contributed by atoms with Gasteiger partial charge in [-0.2, -0.15) is 0 Å². The molecule has 140 valence electrons. The Hall–Kier alpha value is -2.57. The highest BCUT2D eigenvalue weighted by Crippen LogP contribution is 2.27. The van der Waals surface area contributed by atoms with Crippen molar-refractivity contribution in [3.8, 4) is 11.1 Å². The van der Waals surface area contributed by atoms with Crippen LogP contribution < -0.4 is 0 Å². The van der Waals surface area contributed by atoms with E-state index < -0.39 is 15.8 Å². The van der Waals surface area contributed by atoms with Crippen LogP contribution >= 0.6 is 11.6 Å². The maximum Gasteiger partial charge on any atom is 0.338 e. The lowest BCUT2D eigenvalue weighted by Gasteiger charge is -2.12. The second-order valence-electron chi connectivity index (χ2n) is 5.82. The summed E-state index contributed by atoms with van der Waals surface area (Å²) < 4.78 is 35.7. The highest BCUT2D eigenvalue weighted by atomic mass is 35.5. The average Bonchev–Trinajstić information content (AvgIpc) is 3.16. The Morgan fingerprint density at radius 1 is 1.11 bits per heavy atom. The molecule has 0 fully saturated rings. The summed E-state index contributed by atoms with van der Waals surface area (Å²) in [7, 11) is -3.68. The summed E-state index contributed by atoms with van der Waals surface area (Å²) in [5, 5.41) is 0.331. The van der Waals surface area contributed by atoms with Gasteiger partial charge in [-0.25, -0.2) is 13.2 Å². The fraction of sp³-hybridized carbons (Fsp3) is 0.150. The highest BCUT2D eigenvalue weighted by molar-refractivity contribution is 7.90. The van der Waals surface area contributed by atoms with Crippen LogP contribution in [0.5, 0.6) is 0 Å². The minimum Gasteiger partial charge on any atom is -0.472 e. The molecule has 0 aliphatic rings. The first-order valence-electron chi connectivity index (χ1n) is 8.21. The molecule has 0 amide bonds. The summed E-state index contributed by atoms with van der Waals surface area (Å²) in [5.41, 5.74) is 2.09. The van der Waals surface area contributed by atoms with Crippen molar-refractivity contribution >= 4 is 27.4 Å². The van der Waals surface area contributed by atoms with Crippen molar-refractivity contribution in [1.82, 2.24) is 0 Å². The van der Waals surface area contributed by atoms with Gasteiger partial charge < -0.3 is 9.15 Å². The topological polar surface area (TPSA) is 73.6 Å². The molecule has 0 aliphatic heterocycles. The molecule has 7 heteroatoms. The van der Waals surface area contributed by atoms with E-state index in [1.165, 1.54) is 18.4 Å².